The van der Waals surface area contributed by atoms with Crippen molar-refractivity contribution in [2.24, 2.45) is 0 Å². The topological polar surface area (TPSA) is 194 Å². The number of hydrogen-bond acceptors (Lipinski definition) is 10. The van der Waals surface area contributed by atoms with Crippen LogP contribution >= 0.6 is 0 Å². The Balaban J connectivity index is 2.21. The van der Waals surface area contributed by atoms with E-state index in [-0.39, 0.29) is 12.0 Å². The smallest absolute Gasteiger partial charge is 0.118 e. The van der Waals surface area contributed by atoms with Gasteiger partial charge in [0.15, 0.2) is 0 Å². The molecule has 0 aromatic carbocycles. The second-order valence-corrected chi connectivity index (χ2v) is 6.52. The van der Waals surface area contributed by atoms with Crippen molar-refractivity contribution in [3.05, 3.63) is 11.6 Å². The number of rotatable bonds is 4. The van der Waals surface area contributed by atoms with Gasteiger partial charge in [0.2, 0.25) is 0 Å². The third-order valence-corrected chi connectivity index (χ3v) is 4.89. The molecule has 10 nitrogen and oxygen atoms in total. The van der Waals surface area contributed by atoms with E-state index in [2.05, 4.69) is 5.32 Å². The fraction of sp³-hybridized carbons (Fsp3) is 0.857. The molecule has 24 heavy (non-hydrogen) atoms. The van der Waals surface area contributed by atoms with E-state index in [0.29, 0.717) is 0 Å². The van der Waals surface area contributed by atoms with Crippen LogP contribution in [0.5, 0.6) is 0 Å². The van der Waals surface area contributed by atoms with E-state index in [1.807, 2.05) is 0 Å². The number of nitrogens with one attached hydrogen (secondary N) is 1. The summed E-state index contributed by atoms with van der Waals surface area (Å²) < 4.78 is 0. The molecule has 140 valence electrons. The van der Waals surface area contributed by atoms with Crippen molar-refractivity contribution in [2.45, 2.75) is 60.7 Å². The second-order valence-electron chi connectivity index (χ2n) is 6.52. The van der Waals surface area contributed by atoms with Gasteiger partial charge in [-0.3, -0.25) is 0 Å². The molecule has 0 aromatic rings. The minimum Gasteiger partial charge on any atom is -0.393 e. The highest BCUT2D eigenvalue weighted by Gasteiger charge is 2.52. The minimum atomic E-state index is -2.06. The first-order valence-corrected chi connectivity index (χ1v) is 7.65. The van der Waals surface area contributed by atoms with Crippen molar-refractivity contribution in [3.8, 4) is 0 Å². The average Bonchev–Trinajstić information content (AvgIpc) is 2.58. The summed E-state index contributed by atoms with van der Waals surface area (Å²) in [4.78, 5) is 0. The zero-order valence-electron chi connectivity index (χ0n) is 12.8. The Kier molecular flexibility index (Phi) is 5.98. The van der Waals surface area contributed by atoms with Gasteiger partial charge in [-0.25, -0.2) is 0 Å². The highest BCUT2D eigenvalue weighted by molar-refractivity contribution is 5.22. The molecule has 1 saturated carbocycles. The first-order chi connectivity index (χ1) is 11.2. The molecular formula is C14H25NO9. The lowest BCUT2D eigenvalue weighted by Crippen LogP contribution is -2.69. The van der Waals surface area contributed by atoms with Gasteiger partial charge in [0, 0.05) is 6.04 Å². The first-order valence-electron chi connectivity index (χ1n) is 7.65. The summed E-state index contributed by atoms with van der Waals surface area (Å²) >= 11 is 0. The summed E-state index contributed by atoms with van der Waals surface area (Å²) in [6.07, 6.45) is -8.59. The van der Waals surface area contributed by atoms with Gasteiger partial charge in [0.1, 0.15) is 36.1 Å². The summed E-state index contributed by atoms with van der Waals surface area (Å²) in [5.41, 5.74) is -1.99. The zero-order chi connectivity index (χ0) is 18.2. The predicted molar refractivity (Wildman–Crippen MR) is 78.6 cm³/mol. The summed E-state index contributed by atoms with van der Waals surface area (Å²) in [6.45, 7) is -1.42. The van der Waals surface area contributed by atoms with Crippen LogP contribution in [0.3, 0.4) is 0 Å². The molecule has 2 aliphatic rings. The fourth-order valence-corrected chi connectivity index (χ4v) is 3.27. The average molecular weight is 351 g/mol. The fourth-order valence-electron chi connectivity index (χ4n) is 3.27. The van der Waals surface area contributed by atoms with Crippen molar-refractivity contribution >= 4 is 0 Å². The molecule has 0 amide bonds. The van der Waals surface area contributed by atoms with Gasteiger partial charge in [0.05, 0.1) is 25.4 Å². The Bertz CT molecular complexity index is 475. The SMILES string of the molecule is OCC1=C[C@@H](N[C@H]2C[C@](O)(CO)[C@@H](O)[C@@H](O)[C@@H]2O)[C@H](O)[C@@H](O)[C@@H]1O. The van der Waals surface area contributed by atoms with E-state index in [4.69, 9.17) is 0 Å². The van der Waals surface area contributed by atoms with Crippen molar-refractivity contribution < 1.29 is 46.0 Å². The van der Waals surface area contributed by atoms with Crippen LogP contribution in [0.1, 0.15) is 6.42 Å². The van der Waals surface area contributed by atoms with E-state index in [9.17, 15) is 46.0 Å². The van der Waals surface area contributed by atoms with Gasteiger partial charge in [-0.1, -0.05) is 6.08 Å². The van der Waals surface area contributed by atoms with Gasteiger partial charge in [-0.15, -0.1) is 0 Å². The van der Waals surface area contributed by atoms with Gasteiger partial charge in [-0.05, 0) is 12.0 Å². The summed E-state index contributed by atoms with van der Waals surface area (Å²) in [7, 11) is 0. The molecule has 0 bridgehead atoms. The quantitative estimate of drug-likeness (QED) is 0.218. The van der Waals surface area contributed by atoms with Crippen molar-refractivity contribution in [1.82, 2.24) is 5.32 Å². The lowest BCUT2D eigenvalue weighted by atomic mass is 9.75. The van der Waals surface area contributed by atoms with Crippen LogP contribution in [0.4, 0.5) is 0 Å². The van der Waals surface area contributed by atoms with Crippen LogP contribution in [-0.4, -0.2) is 113 Å². The van der Waals surface area contributed by atoms with Crippen LogP contribution in [0.15, 0.2) is 11.6 Å². The maximum atomic E-state index is 10.2. The monoisotopic (exact) mass is 351 g/mol. The van der Waals surface area contributed by atoms with E-state index >= 15 is 0 Å². The summed E-state index contributed by atoms with van der Waals surface area (Å²) in [5.74, 6) is 0. The molecule has 0 heterocycles. The molecule has 0 saturated heterocycles. The minimum absolute atomic E-state index is 0.0635. The normalized spacial score (nSPS) is 49.8. The Hall–Kier alpha value is -0.660. The van der Waals surface area contributed by atoms with E-state index < -0.39 is 67.5 Å². The van der Waals surface area contributed by atoms with E-state index in [1.165, 1.54) is 6.08 Å². The predicted octanol–water partition coefficient (Wildman–Crippen LogP) is -5.46. The molecule has 0 unspecified atom stereocenters. The van der Waals surface area contributed by atoms with Crippen molar-refractivity contribution in [3.63, 3.8) is 0 Å². The van der Waals surface area contributed by atoms with E-state index in [1.54, 1.807) is 0 Å². The zero-order valence-corrected chi connectivity index (χ0v) is 12.8. The third kappa shape index (κ3) is 3.35. The number of hydrogen-bond donors (Lipinski definition) is 10. The Labute approximate surface area is 137 Å². The van der Waals surface area contributed by atoms with Crippen LogP contribution in [0.25, 0.3) is 0 Å². The van der Waals surface area contributed by atoms with Crippen LogP contribution in [0, 0.1) is 0 Å². The van der Waals surface area contributed by atoms with Crippen molar-refractivity contribution in [2.75, 3.05) is 13.2 Å². The molecular weight excluding hydrogens is 326 g/mol. The molecule has 1 fully saturated rings. The van der Waals surface area contributed by atoms with Crippen molar-refractivity contribution in [1.29, 1.82) is 0 Å². The molecule has 10 N–H and O–H groups in total. The van der Waals surface area contributed by atoms with Gasteiger partial charge < -0.3 is 51.3 Å². The summed E-state index contributed by atoms with van der Waals surface area (Å²) in [6, 6.07) is -2.05. The Morgan fingerprint density at radius 3 is 2.12 bits per heavy atom. The van der Waals surface area contributed by atoms with Gasteiger partial charge >= 0.3 is 0 Å². The molecule has 9 atom stereocenters. The van der Waals surface area contributed by atoms with Crippen LogP contribution in [-0.2, 0) is 0 Å². The maximum absolute atomic E-state index is 10.2. The highest BCUT2D eigenvalue weighted by atomic mass is 16.4. The molecule has 0 aliphatic heterocycles. The molecule has 0 spiro atoms. The molecule has 2 aliphatic carbocycles. The van der Waals surface area contributed by atoms with Crippen LogP contribution < -0.4 is 5.32 Å². The highest BCUT2D eigenvalue weighted by Crippen LogP contribution is 2.31. The van der Waals surface area contributed by atoms with E-state index in [0.717, 1.165) is 0 Å². The number of aliphatic hydroxyl groups excluding tert-OH is 8. The first kappa shape index (κ1) is 19.7. The Morgan fingerprint density at radius 1 is 0.958 bits per heavy atom. The third-order valence-electron chi connectivity index (χ3n) is 4.89. The van der Waals surface area contributed by atoms with Crippen LogP contribution in [0.2, 0.25) is 0 Å². The van der Waals surface area contributed by atoms with Gasteiger partial charge in [0.25, 0.3) is 0 Å². The molecule has 2 rings (SSSR count). The largest absolute Gasteiger partial charge is 0.393 e. The maximum Gasteiger partial charge on any atom is 0.118 e. The molecule has 10 heteroatoms. The Morgan fingerprint density at radius 2 is 1.58 bits per heavy atom. The molecule has 0 aromatic heterocycles. The van der Waals surface area contributed by atoms with Gasteiger partial charge in [-0.2, -0.15) is 0 Å². The second kappa shape index (κ2) is 7.30. The lowest BCUT2D eigenvalue weighted by Gasteiger charge is -2.47. The standard InChI is InChI=1S/C14H25NO9/c16-3-5-1-6(9(19)11(21)8(5)18)15-7-2-14(24,4-17)13(23)12(22)10(7)20/h1,6-13,15-24H,2-4H2/t6-,7+,8-,9+,10-,11+,12+,13+,14+/m1/s1. The summed E-state index contributed by atoms with van der Waals surface area (Å²) in [5, 5.41) is 90.6. The molecule has 0 radical (unpaired) electrons. The lowest BCUT2D eigenvalue weighted by molar-refractivity contribution is -0.208. The number of aliphatic hydroxyl groups is 9.